The predicted octanol–water partition coefficient (Wildman–Crippen LogP) is 2.48. The Bertz CT molecular complexity index is 1190. The second-order valence-electron chi connectivity index (χ2n) is 6.55. The number of H-pyrrole nitrogens is 1. The van der Waals surface area contributed by atoms with E-state index in [0.29, 0.717) is 29.2 Å². The van der Waals surface area contributed by atoms with E-state index in [1.54, 1.807) is 29.4 Å². The highest BCUT2D eigenvalue weighted by Gasteiger charge is 2.32. The Labute approximate surface area is 153 Å². The van der Waals surface area contributed by atoms with Gasteiger partial charge >= 0.3 is 0 Å². The van der Waals surface area contributed by atoms with Crippen molar-refractivity contribution in [1.29, 1.82) is 0 Å². The van der Waals surface area contributed by atoms with Crippen LogP contribution in [-0.2, 0) is 13.0 Å². The van der Waals surface area contributed by atoms with E-state index in [4.69, 9.17) is 4.42 Å². The molecule has 3 aromatic heterocycles. The Morgan fingerprint density at radius 2 is 1.96 bits per heavy atom. The number of carbonyl (C=O) groups excluding carboxylic acids is 1. The van der Waals surface area contributed by atoms with Crippen LogP contribution in [0.25, 0.3) is 17.1 Å². The summed E-state index contributed by atoms with van der Waals surface area (Å²) in [7, 11) is 0. The van der Waals surface area contributed by atoms with Gasteiger partial charge in [-0.3, -0.25) is 14.7 Å². The lowest BCUT2D eigenvalue weighted by Crippen LogP contribution is -2.26. The molecule has 5 rings (SSSR count). The van der Waals surface area contributed by atoms with Crippen LogP contribution in [0.1, 0.15) is 21.6 Å². The summed E-state index contributed by atoms with van der Waals surface area (Å²) in [5, 5.41) is 3.00. The second-order valence-corrected chi connectivity index (χ2v) is 6.55. The molecule has 0 atom stereocenters. The molecule has 0 unspecified atom stereocenters. The van der Waals surface area contributed by atoms with Gasteiger partial charge < -0.3 is 9.32 Å². The molecule has 1 N–H and O–H groups in total. The Morgan fingerprint density at radius 1 is 1.11 bits per heavy atom. The third kappa shape index (κ3) is 2.55. The van der Waals surface area contributed by atoms with Gasteiger partial charge in [0, 0.05) is 12.6 Å². The topological polar surface area (TPSA) is 83.6 Å². The molecule has 4 heterocycles. The summed E-state index contributed by atoms with van der Waals surface area (Å²) in [6.07, 6.45) is 2.30. The summed E-state index contributed by atoms with van der Waals surface area (Å²) in [5.74, 6) is 0.414. The van der Waals surface area contributed by atoms with Crippen LogP contribution in [0.15, 0.2) is 64.0 Å². The lowest BCUT2D eigenvalue weighted by Gasteiger charge is -2.14. The van der Waals surface area contributed by atoms with Crippen molar-refractivity contribution in [3.8, 4) is 11.5 Å². The monoisotopic (exact) mass is 360 g/mol. The molecule has 0 bridgehead atoms. The molecule has 134 valence electrons. The Balaban J connectivity index is 1.46. The third-order valence-corrected chi connectivity index (χ3v) is 4.85. The largest absolute Gasteiger partial charge is 0.463 e. The molecule has 0 aliphatic carbocycles. The van der Waals surface area contributed by atoms with Crippen molar-refractivity contribution in [2.45, 2.75) is 13.0 Å². The number of rotatable bonds is 4. The van der Waals surface area contributed by atoms with Crippen LogP contribution in [0.4, 0.5) is 0 Å². The van der Waals surface area contributed by atoms with Gasteiger partial charge in [-0.05, 0) is 24.1 Å². The van der Waals surface area contributed by atoms with Crippen LogP contribution in [0.3, 0.4) is 0 Å². The minimum Gasteiger partial charge on any atom is -0.463 e. The average Bonchev–Trinajstić information content (AvgIpc) is 3.41. The number of nitrogens with one attached hydrogen (secondary N) is 1. The lowest BCUT2D eigenvalue weighted by molar-refractivity contribution is 0.0776. The standard InChI is InChI=1S/C20H16N4O3/c25-19-14-12-23(9-8-13-5-2-1-3-6-13)20(26)18(14)21-17-11-15(22-24(17)19)16-7-4-10-27-16/h1-7,10-11,22H,8-9,12H2. The number of fused-ring (bicyclic) bond motifs is 2. The zero-order valence-corrected chi connectivity index (χ0v) is 14.4. The molecule has 1 aromatic carbocycles. The highest BCUT2D eigenvalue weighted by molar-refractivity contribution is 5.96. The minimum absolute atomic E-state index is 0.193. The summed E-state index contributed by atoms with van der Waals surface area (Å²) in [6, 6.07) is 15.2. The first kappa shape index (κ1) is 15.6. The van der Waals surface area contributed by atoms with E-state index in [2.05, 4.69) is 10.1 Å². The van der Waals surface area contributed by atoms with Gasteiger partial charge in [-0.25, -0.2) is 9.50 Å². The maximum absolute atomic E-state index is 12.9. The third-order valence-electron chi connectivity index (χ3n) is 4.85. The number of benzene rings is 1. The Hall–Kier alpha value is -3.61. The first-order valence-electron chi connectivity index (χ1n) is 8.72. The zero-order valence-electron chi connectivity index (χ0n) is 14.4. The predicted molar refractivity (Wildman–Crippen MR) is 98.4 cm³/mol. The van der Waals surface area contributed by atoms with E-state index in [-0.39, 0.29) is 23.7 Å². The number of aromatic nitrogens is 3. The summed E-state index contributed by atoms with van der Waals surface area (Å²) in [5.41, 5.74) is 2.63. The van der Waals surface area contributed by atoms with Crippen molar-refractivity contribution in [3.63, 3.8) is 0 Å². The molecule has 1 amide bonds. The van der Waals surface area contributed by atoms with Crippen molar-refractivity contribution in [3.05, 3.63) is 82.0 Å². The van der Waals surface area contributed by atoms with Crippen molar-refractivity contribution >= 4 is 11.6 Å². The molecule has 7 nitrogen and oxygen atoms in total. The molecular weight excluding hydrogens is 344 g/mol. The van der Waals surface area contributed by atoms with Gasteiger partial charge in [0.1, 0.15) is 11.4 Å². The van der Waals surface area contributed by atoms with E-state index in [0.717, 1.165) is 12.0 Å². The molecule has 0 fully saturated rings. The van der Waals surface area contributed by atoms with E-state index in [1.165, 1.54) is 4.52 Å². The molecule has 1 aliphatic rings. The van der Waals surface area contributed by atoms with Crippen LogP contribution in [0, 0.1) is 0 Å². The molecular formula is C20H16N4O3. The summed E-state index contributed by atoms with van der Waals surface area (Å²) in [6.45, 7) is 0.833. The van der Waals surface area contributed by atoms with Crippen LogP contribution < -0.4 is 5.56 Å². The maximum Gasteiger partial charge on any atom is 0.278 e. The molecule has 0 saturated carbocycles. The Morgan fingerprint density at radius 3 is 2.74 bits per heavy atom. The Kier molecular flexibility index (Phi) is 3.46. The SMILES string of the molecule is O=C1c2nc3cc(-c4ccco4)[nH]n3c(=O)c2CN1CCc1ccccc1. The smallest absolute Gasteiger partial charge is 0.278 e. The number of hydrogen-bond donors (Lipinski definition) is 1. The number of hydrogen-bond acceptors (Lipinski definition) is 4. The number of carbonyl (C=O) groups is 1. The molecule has 4 aromatic rings. The molecule has 0 spiro atoms. The fraction of sp³-hybridized carbons (Fsp3) is 0.150. The van der Waals surface area contributed by atoms with Crippen molar-refractivity contribution in [2.24, 2.45) is 0 Å². The molecule has 7 heteroatoms. The highest BCUT2D eigenvalue weighted by atomic mass is 16.3. The molecule has 1 aliphatic heterocycles. The van der Waals surface area contributed by atoms with Gasteiger partial charge in [0.2, 0.25) is 0 Å². The van der Waals surface area contributed by atoms with Crippen molar-refractivity contribution in [2.75, 3.05) is 6.54 Å². The van der Waals surface area contributed by atoms with Gasteiger partial charge in [-0.1, -0.05) is 30.3 Å². The van der Waals surface area contributed by atoms with Crippen LogP contribution in [-0.4, -0.2) is 31.9 Å². The normalized spacial score (nSPS) is 13.5. The summed E-state index contributed by atoms with van der Waals surface area (Å²) in [4.78, 5) is 31.7. The van der Waals surface area contributed by atoms with E-state index < -0.39 is 0 Å². The minimum atomic E-state index is -0.247. The molecule has 0 saturated heterocycles. The quantitative estimate of drug-likeness (QED) is 0.606. The van der Waals surface area contributed by atoms with Gasteiger partial charge in [0.15, 0.2) is 11.4 Å². The van der Waals surface area contributed by atoms with Gasteiger partial charge in [0.05, 0.1) is 18.4 Å². The molecule has 27 heavy (non-hydrogen) atoms. The molecule has 0 radical (unpaired) electrons. The second kappa shape index (κ2) is 5.98. The number of nitrogens with zero attached hydrogens (tertiary/aromatic N) is 3. The zero-order chi connectivity index (χ0) is 18.4. The van der Waals surface area contributed by atoms with E-state index in [9.17, 15) is 9.59 Å². The highest BCUT2D eigenvalue weighted by Crippen LogP contribution is 2.22. The number of amides is 1. The number of furan rings is 1. The van der Waals surface area contributed by atoms with E-state index in [1.807, 2.05) is 30.3 Å². The van der Waals surface area contributed by atoms with Gasteiger partial charge in [-0.15, -0.1) is 0 Å². The fourth-order valence-electron chi connectivity index (χ4n) is 3.44. The van der Waals surface area contributed by atoms with Crippen molar-refractivity contribution < 1.29 is 9.21 Å². The van der Waals surface area contributed by atoms with E-state index >= 15 is 0 Å². The van der Waals surface area contributed by atoms with Crippen molar-refractivity contribution in [1.82, 2.24) is 19.5 Å². The first-order valence-corrected chi connectivity index (χ1v) is 8.72. The van der Waals surface area contributed by atoms with Crippen LogP contribution >= 0.6 is 0 Å². The summed E-state index contributed by atoms with van der Waals surface area (Å²) >= 11 is 0. The lowest BCUT2D eigenvalue weighted by atomic mass is 10.1. The summed E-state index contributed by atoms with van der Waals surface area (Å²) < 4.78 is 6.72. The van der Waals surface area contributed by atoms with Gasteiger partial charge in [0.25, 0.3) is 11.5 Å². The fourth-order valence-corrected chi connectivity index (χ4v) is 3.44. The van der Waals surface area contributed by atoms with Crippen LogP contribution in [0.5, 0.6) is 0 Å². The van der Waals surface area contributed by atoms with Gasteiger partial charge in [-0.2, -0.15) is 0 Å². The van der Waals surface area contributed by atoms with Crippen LogP contribution in [0.2, 0.25) is 0 Å². The first-order chi connectivity index (χ1) is 13.2. The number of aromatic amines is 1. The average molecular weight is 360 g/mol. The maximum atomic E-state index is 12.9.